The standard InChI is InChI=1S/C32H36ClN3O4S/c1-31(2,3)41-30-26-16-25(39-19-24-8-6-7-15-34-24)13-14-27(26)36(18-22-9-11-23(33)12-10-22)28(30)17-32(4,5)21-35-40-20-29(37)38/h6-16,21H,17-20H2,1-5H3,(H,37,38)/b35-21+. The molecule has 4 aromatic rings. The van der Waals surface area contributed by atoms with E-state index in [9.17, 15) is 4.79 Å². The number of halogens is 1. The molecule has 0 fully saturated rings. The van der Waals surface area contributed by atoms with Gasteiger partial charge in [-0.1, -0.05) is 69.6 Å². The zero-order valence-electron chi connectivity index (χ0n) is 24.1. The van der Waals surface area contributed by atoms with E-state index in [0.29, 0.717) is 24.6 Å². The van der Waals surface area contributed by atoms with Crippen molar-refractivity contribution in [2.24, 2.45) is 10.6 Å². The number of hydrogen-bond donors (Lipinski definition) is 1. The predicted molar refractivity (Wildman–Crippen MR) is 166 cm³/mol. The van der Waals surface area contributed by atoms with Crippen LogP contribution in [0.25, 0.3) is 10.9 Å². The Kier molecular flexibility index (Phi) is 9.66. The zero-order valence-corrected chi connectivity index (χ0v) is 25.6. The Morgan fingerprint density at radius 2 is 1.85 bits per heavy atom. The molecule has 1 N–H and O–H groups in total. The number of oxime groups is 1. The molecule has 0 aliphatic rings. The average Bonchev–Trinajstić information content (AvgIpc) is 3.16. The average molecular weight is 594 g/mol. The van der Waals surface area contributed by atoms with Gasteiger partial charge in [0.2, 0.25) is 6.61 Å². The predicted octanol–water partition coefficient (Wildman–Crippen LogP) is 7.86. The molecule has 216 valence electrons. The number of carboxylic acid groups (broad SMARTS) is 1. The molecule has 0 saturated heterocycles. The second kappa shape index (κ2) is 13.0. The minimum atomic E-state index is -1.06. The van der Waals surface area contributed by atoms with Crippen molar-refractivity contribution in [3.05, 3.63) is 88.8 Å². The molecule has 2 aromatic heterocycles. The van der Waals surface area contributed by atoms with Crippen LogP contribution in [-0.4, -0.2) is 38.2 Å². The molecule has 0 amide bonds. The highest BCUT2D eigenvalue weighted by Gasteiger charge is 2.28. The lowest BCUT2D eigenvalue weighted by atomic mass is 9.89. The third-order valence-electron chi connectivity index (χ3n) is 6.15. The lowest BCUT2D eigenvalue weighted by Crippen LogP contribution is -2.21. The summed E-state index contributed by atoms with van der Waals surface area (Å²) in [6.07, 6.45) is 4.10. The van der Waals surface area contributed by atoms with Gasteiger partial charge in [0.15, 0.2) is 0 Å². The molecule has 2 aromatic carbocycles. The molecule has 0 atom stereocenters. The molecule has 0 aliphatic heterocycles. The molecule has 41 heavy (non-hydrogen) atoms. The molecule has 0 spiro atoms. The Morgan fingerprint density at radius 1 is 1.10 bits per heavy atom. The van der Waals surface area contributed by atoms with Crippen molar-refractivity contribution in [2.45, 2.75) is 63.8 Å². The van der Waals surface area contributed by atoms with Gasteiger partial charge in [0.1, 0.15) is 12.4 Å². The van der Waals surface area contributed by atoms with Gasteiger partial charge in [-0.15, -0.1) is 11.8 Å². The molecule has 0 aliphatic carbocycles. The van der Waals surface area contributed by atoms with Crippen LogP contribution in [0.2, 0.25) is 5.02 Å². The second-order valence-electron chi connectivity index (χ2n) is 11.6. The summed E-state index contributed by atoms with van der Waals surface area (Å²) in [5, 5.41) is 14.7. The topological polar surface area (TPSA) is 85.9 Å². The van der Waals surface area contributed by atoms with E-state index in [1.165, 1.54) is 4.90 Å². The summed E-state index contributed by atoms with van der Waals surface area (Å²) in [7, 11) is 0. The number of aliphatic carboxylic acids is 1. The summed E-state index contributed by atoms with van der Waals surface area (Å²) in [5.41, 5.74) is 3.83. The fourth-order valence-electron chi connectivity index (χ4n) is 4.38. The van der Waals surface area contributed by atoms with Crippen molar-refractivity contribution in [3.8, 4) is 5.75 Å². The van der Waals surface area contributed by atoms with Gasteiger partial charge < -0.3 is 19.2 Å². The number of thioether (sulfide) groups is 1. The van der Waals surface area contributed by atoms with E-state index in [1.807, 2.05) is 60.3 Å². The van der Waals surface area contributed by atoms with Gasteiger partial charge in [-0.05, 0) is 54.4 Å². The number of pyridine rings is 1. The zero-order chi connectivity index (χ0) is 29.6. The summed E-state index contributed by atoms with van der Waals surface area (Å²) in [4.78, 5) is 21.4. The van der Waals surface area contributed by atoms with Gasteiger partial charge in [0.25, 0.3) is 0 Å². The van der Waals surface area contributed by atoms with Crippen molar-refractivity contribution in [3.63, 3.8) is 0 Å². The van der Waals surface area contributed by atoms with Crippen LogP contribution >= 0.6 is 23.4 Å². The van der Waals surface area contributed by atoms with Crippen LogP contribution in [0.15, 0.2) is 76.9 Å². The third-order valence-corrected chi connectivity index (χ3v) is 7.68. The van der Waals surface area contributed by atoms with Crippen molar-refractivity contribution < 1.29 is 19.5 Å². The number of nitrogens with zero attached hydrogens (tertiary/aromatic N) is 3. The van der Waals surface area contributed by atoms with E-state index >= 15 is 0 Å². The van der Waals surface area contributed by atoms with E-state index < -0.39 is 18.0 Å². The molecule has 0 unspecified atom stereocenters. The van der Waals surface area contributed by atoms with Crippen molar-refractivity contribution >= 4 is 46.4 Å². The number of aromatic nitrogens is 2. The maximum atomic E-state index is 10.9. The first-order chi connectivity index (χ1) is 19.4. The van der Waals surface area contributed by atoms with Gasteiger partial charge in [-0.2, -0.15) is 0 Å². The number of benzene rings is 2. The number of hydrogen-bond acceptors (Lipinski definition) is 6. The van der Waals surface area contributed by atoms with Crippen LogP contribution in [0.5, 0.6) is 5.75 Å². The van der Waals surface area contributed by atoms with Crippen LogP contribution < -0.4 is 4.74 Å². The summed E-state index contributed by atoms with van der Waals surface area (Å²) >= 11 is 8.01. The second-order valence-corrected chi connectivity index (χ2v) is 13.8. The highest BCUT2D eigenvalue weighted by atomic mass is 35.5. The first-order valence-electron chi connectivity index (χ1n) is 13.4. The highest BCUT2D eigenvalue weighted by Crippen LogP contribution is 2.44. The minimum Gasteiger partial charge on any atom is -0.487 e. The number of ether oxygens (including phenoxy) is 1. The fraction of sp³-hybridized carbons (Fsp3) is 0.344. The van der Waals surface area contributed by atoms with E-state index in [-0.39, 0.29) is 4.75 Å². The van der Waals surface area contributed by atoms with Crippen LogP contribution in [0.3, 0.4) is 0 Å². The number of rotatable bonds is 12. The largest absolute Gasteiger partial charge is 0.487 e. The summed E-state index contributed by atoms with van der Waals surface area (Å²) < 4.78 is 8.47. The molecular weight excluding hydrogens is 558 g/mol. The van der Waals surface area contributed by atoms with E-state index in [0.717, 1.165) is 33.6 Å². The maximum absolute atomic E-state index is 10.9. The molecule has 7 nitrogen and oxygen atoms in total. The summed E-state index contributed by atoms with van der Waals surface area (Å²) in [6.45, 7) is 11.3. The first kappa shape index (κ1) is 30.5. The number of carbonyl (C=O) groups is 1. The van der Waals surface area contributed by atoms with Crippen molar-refractivity contribution in [1.29, 1.82) is 0 Å². The van der Waals surface area contributed by atoms with Crippen molar-refractivity contribution in [2.75, 3.05) is 6.61 Å². The molecule has 4 rings (SSSR count). The third kappa shape index (κ3) is 8.75. The minimum absolute atomic E-state index is 0.0538. The van der Waals surface area contributed by atoms with E-state index in [1.54, 1.807) is 12.4 Å². The lowest BCUT2D eigenvalue weighted by Gasteiger charge is -2.24. The van der Waals surface area contributed by atoms with Crippen LogP contribution in [0.1, 0.15) is 51.6 Å². The van der Waals surface area contributed by atoms with Gasteiger partial charge in [0.05, 0.1) is 5.69 Å². The smallest absolute Gasteiger partial charge is 0.344 e. The van der Waals surface area contributed by atoms with E-state index in [2.05, 4.69) is 61.5 Å². The SMILES string of the molecule is CC(C)(/C=N/OCC(=O)O)Cc1c(SC(C)(C)C)c2cc(OCc3ccccn3)ccc2n1Cc1ccc(Cl)cc1. The highest BCUT2D eigenvalue weighted by molar-refractivity contribution is 8.00. The molecule has 0 saturated carbocycles. The van der Waals surface area contributed by atoms with Crippen LogP contribution in [0, 0.1) is 5.41 Å². The Labute approximate surface area is 250 Å². The summed E-state index contributed by atoms with van der Waals surface area (Å²) in [5.74, 6) is -0.287. The van der Waals surface area contributed by atoms with Crippen molar-refractivity contribution in [1.82, 2.24) is 9.55 Å². The Bertz CT molecular complexity index is 1510. The maximum Gasteiger partial charge on any atom is 0.344 e. The molecule has 2 heterocycles. The van der Waals surface area contributed by atoms with Gasteiger partial charge in [0, 0.05) is 55.6 Å². The van der Waals surface area contributed by atoms with Gasteiger partial charge in [-0.25, -0.2) is 4.79 Å². The normalized spacial score (nSPS) is 12.2. The Morgan fingerprint density at radius 3 is 2.51 bits per heavy atom. The molecule has 0 radical (unpaired) electrons. The fourth-order valence-corrected chi connectivity index (χ4v) is 5.70. The van der Waals surface area contributed by atoms with Crippen LogP contribution in [-0.2, 0) is 29.2 Å². The number of fused-ring (bicyclic) bond motifs is 1. The first-order valence-corrected chi connectivity index (χ1v) is 14.6. The quantitative estimate of drug-likeness (QED) is 0.102. The Balaban J connectivity index is 1.80. The summed E-state index contributed by atoms with van der Waals surface area (Å²) in [6, 6.07) is 19.9. The lowest BCUT2D eigenvalue weighted by molar-refractivity contribution is -0.142. The molecule has 9 heteroatoms. The van der Waals surface area contributed by atoms with Gasteiger partial charge >= 0.3 is 5.97 Å². The molecule has 0 bridgehead atoms. The monoisotopic (exact) mass is 593 g/mol. The van der Waals surface area contributed by atoms with E-state index in [4.69, 9.17) is 26.3 Å². The molecular formula is C32H36ClN3O4S. The number of carboxylic acids is 1. The van der Waals surface area contributed by atoms with Crippen LogP contribution in [0.4, 0.5) is 0 Å². The Hall–Kier alpha value is -3.49. The van der Waals surface area contributed by atoms with Gasteiger partial charge in [-0.3, -0.25) is 4.98 Å².